The molecule has 1 atom stereocenters. The van der Waals surface area contributed by atoms with Gasteiger partial charge in [-0.3, -0.25) is 14.4 Å². The minimum atomic E-state index is -0.250. The molecular formula is C21H30N2O6S. The molecule has 0 radical (unpaired) electrons. The van der Waals surface area contributed by atoms with Crippen LogP contribution in [0.4, 0.5) is 0 Å². The van der Waals surface area contributed by atoms with Crippen LogP contribution >= 0.6 is 11.3 Å². The number of rotatable bonds is 4. The van der Waals surface area contributed by atoms with Gasteiger partial charge in [-0.2, -0.15) is 0 Å². The van der Waals surface area contributed by atoms with Gasteiger partial charge in [-0.25, -0.2) is 0 Å². The second-order valence-electron chi connectivity index (χ2n) is 8.11. The van der Waals surface area contributed by atoms with Crippen molar-refractivity contribution in [2.45, 2.75) is 31.8 Å². The quantitative estimate of drug-likeness (QED) is 0.567. The van der Waals surface area contributed by atoms with Gasteiger partial charge < -0.3 is 24.4 Å². The Hall–Kier alpha value is -1.81. The van der Waals surface area contributed by atoms with E-state index in [0.29, 0.717) is 35.4 Å². The fourth-order valence-corrected chi connectivity index (χ4v) is 5.22. The first-order valence-corrected chi connectivity index (χ1v) is 11.2. The largest absolute Gasteiger partial charge is 0.483 e. The Morgan fingerprint density at radius 2 is 1.93 bits per heavy atom. The van der Waals surface area contributed by atoms with Crippen molar-refractivity contribution in [3.8, 4) is 0 Å². The highest BCUT2D eigenvalue weighted by atomic mass is 32.1. The van der Waals surface area contributed by atoms with E-state index in [-0.39, 0.29) is 23.8 Å². The van der Waals surface area contributed by atoms with Gasteiger partial charge in [-0.15, -0.1) is 11.3 Å². The second kappa shape index (κ2) is 10.5. The molecule has 166 valence electrons. The van der Waals surface area contributed by atoms with Crippen LogP contribution in [0.5, 0.6) is 0 Å². The number of hydrogen-bond acceptors (Lipinski definition) is 7. The van der Waals surface area contributed by atoms with Gasteiger partial charge in [-0.1, -0.05) is 0 Å². The van der Waals surface area contributed by atoms with Crippen LogP contribution in [-0.4, -0.2) is 91.2 Å². The molecule has 30 heavy (non-hydrogen) atoms. The molecule has 1 aromatic heterocycles. The molecule has 0 bridgehead atoms. The van der Waals surface area contributed by atoms with E-state index in [2.05, 4.69) is 4.90 Å². The van der Waals surface area contributed by atoms with Crippen LogP contribution in [-0.2, 0) is 14.3 Å². The van der Waals surface area contributed by atoms with Gasteiger partial charge in [-0.05, 0) is 44.2 Å². The summed E-state index contributed by atoms with van der Waals surface area (Å²) in [6.45, 7) is 8.10. The average molecular weight is 439 g/mol. The van der Waals surface area contributed by atoms with Crippen molar-refractivity contribution >= 4 is 29.5 Å². The molecule has 1 aromatic rings. The third kappa shape index (κ3) is 5.66. The topological polar surface area (TPSA) is 96.4 Å². The van der Waals surface area contributed by atoms with Crippen molar-refractivity contribution < 1.29 is 29.0 Å². The number of carbonyl (C=O) groups excluding carboxylic acids is 2. The number of morpholine rings is 1. The van der Waals surface area contributed by atoms with Crippen LogP contribution in [0.1, 0.15) is 45.5 Å². The highest BCUT2D eigenvalue weighted by Gasteiger charge is 2.41. The number of ketones is 1. The van der Waals surface area contributed by atoms with Crippen LogP contribution in [0, 0.1) is 5.92 Å². The molecule has 1 amide bonds. The SMILES string of the molecule is CC(=O)c1ccc(C(=O)N2CCOC3(CCN(CC4CCOC4)CC3)C2)s1.O=CO. The summed E-state index contributed by atoms with van der Waals surface area (Å²) in [5.74, 6) is 0.706. The Labute approximate surface area is 180 Å². The van der Waals surface area contributed by atoms with Crippen LogP contribution in [0.25, 0.3) is 0 Å². The maximum Gasteiger partial charge on any atom is 0.290 e. The molecule has 3 aliphatic heterocycles. The molecule has 3 aliphatic rings. The molecule has 4 heterocycles. The summed E-state index contributed by atoms with van der Waals surface area (Å²) in [7, 11) is 0. The van der Waals surface area contributed by atoms with E-state index < -0.39 is 0 Å². The molecule has 1 unspecified atom stereocenters. The smallest absolute Gasteiger partial charge is 0.290 e. The first-order valence-electron chi connectivity index (χ1n) is 10.4. The molecule has 0 saturated carbocycles. The van der Waals surface area contributed by atoms with Crippen molar-refractivity contribution in [3.05, 3.63) is 21.9 Å². The Balaban J connectivity index is 0.000000806. The summed E-state index contributed by atoms with van der Waals surface area (Å²) >= 11 is 1.29. The number of amides is 1. The summed E-state index contributed by atoms with van der Waals surface area (Å²) in [5, 5.41) is 6.89. The summed E-state index contributed by atoms with van der Waals surface area (Å²) in [6.07, 6.45) is 3.10. The van der Waals surface area contributed by atoms with Gasteiger partial charge in [0.05, 0.1) is 35.1 Å². The fourth-order valence-electron chi connectivity index (χ4n) is 4.35. The van der Waals surface area contributed by atoms with Gasteiger partial charge in [0.2, 0.25) is 0 Å². The van der Waals surface area contributed by atoms with Gasteiger partial charge in [0.15, 0.2) is 5.78 Å². The van der Waals surface area contributed by atoms with Crippen molar-refractivity contribution in [1.29, 1.82) is 0 Å². The average Bonchev–Trinajstić information content (AvgIpc) is 3.42. The van der Waals surface area contributed by atoms with Crippen LogP contribution < -0.4 is 0 Å². The van der Waals surface area contributed by atoms with Crippen LogP contribution in [0.3, 0.4) is 0 Å². The Morgan fingerprint density at radius 3 is 2.53 bits per heavy atom. The maximum absolute atomic E-state index is 12.9. The Kier molecular flexibility index (Phi) is 7.99. The van der Waals surface area contributed by atoms with E-state index in [0.717, 1.165) is 45.7 Å². The zero-order valence-corrected chi connectivity index (χ0v) is 18.2. The minimum Gasteiger partial charge on any atom is -0.483 e. The fraction of sp³-hybridized carbons (Fsp3) is 0.667. The molecule has 1 spiro atoms. The summed E-state index contributed by atoms with van der Waals surface area (Å²) in [6, 6.07) is 3.53. The monoisotopic (exact) mass is 438 g/mol. The van der Waals surface area contributed by atoms with Crippen LogP contribution in [0.2, 0.25) is 0 Å². The minimum absolute atomic E-state index is 0.0116. The van der Waals surface area contributed by atoms with E-state index >= 15 is 0 Å². The van der Waals surface area contributed by atoms with E-state index in [1.165, 1.54) is 24.7 Å². The van der Waals surface area contributed by atoms with E-state index in [1.807, 2.05) is 4.90 Å². The predicted molar refractivity (Wildman–Crippen MR) is 112 cm³/mol. The molecule has 4 rings (SSSR count). The number of carbonyl (C=O) groups is 3. The summed E-state index contributed by atoms with van der Waals surface area (Å²) in [5.41, 5.74) is -0.211. The number of carboxylic acid groups (broad SMARTS) is 1. The number of ether oxygens (including phenoxy) is 2. The lowest BCUT2D eigenvalue weighted by Gasteiger charge is -2.47. The van der Waals surface area contributed by atoms with E-state index in [9.17, 15) is 9.59 Å². The van der Waals surface area contributed by atoms with E-state index in [1.54, 1.807) is 12.1 Å². The molecule has 1 N–H and O–H groups in total. The first-order chi connectivity index (χ1) is 14.5. The lowest BCUT2D eigenvalue weighted by Crippen LogP contribution is -2.58. The maximum atomic E-state index is 12.9. The molecular weight excluding hydrogens is 408 g/mol. The molecule has 3 fully saturated rings. The van der Waals surface area contributed by atoms with Gasteiger partial charge in [0.1, 0.15) is 0 Å². The molecule has 0 aromatic carbocycles. The normalized spacial score (nSPS) is 23.6. The first kappa shape index (κ1) is 22.9. The number of hydrogen-bond donors (Lipinski definition) is 1. The summed E-state index contributed by atoms with van der Waals surface area (Å²) < 4.78 is 11.7. The third-order valence-electron chi connectivity index (χ3n) is 6.01. The molecule has 0 aliphatic carbocycles. The zero-order chi connectivity index (χ0) is 21.6. The van der Waals surface area contributed by atoms with Gasteiger partial charge in [0, 0.05) is 32.8 Å². The summed E-state index contributed by atoms with van der Waals surface area (Å²) in [4.78, 5) is 38.5. The lowest BCUT2D eigenvalue weighted by molar-refractivity contribution is -0.128. The lowest BCUT2D eigenvalue weighted by atomic mass is 9.88. The van der Waals surface area contributed by atoms with Crippen molar-refractivity contribution in [2.24, 2.45) is 5.92 Å². The zero-order valence-electron chi connectivity index (χ0n) is 17.4. The molecule has 8 nitrogen and oxygen atoms in total. The second-order valence-corrected chi connectivity index (χ2v) is 9.20. The number of piperidine rings is 1. The Bertz CT molecular complexity index is 738. The molecule has 9 heteroatoms. The highest BCUT2D eigenvalue weighted by molar-refractivity contribution is 7.15. The van der Waals surface area contributed by atoms with Crippen LogP contribution in [0.15, 0.2) is 12.1 Å². The number of Topliss-reactive ketones (excluding diaryl/α,β-unsaturated/α-hetero) is 1. The predicted octanol–water partition coefficient (Wildman–Crippen LogP) is 1.99. The highest BCUT2D eigenvalue weighted by Crippen LogP contribution is 2.32. The van der Waals surface area contributed by atoms with E-state index in [4.69, 9.17) is 19.4 Å². The van der Waals surface area contributed by atoms with Crippen molar-refractivity contribution in [3.63, 3.8) is 0 Å². The standard InChI is InChI=1S/C20H28N2O4S.CH2O2/c1-15(23)17-2-3-18(27-17)19(24)22-9-11-26-20(14-22)5-7-21(8-6-20)12-16-4-10-25-13-16;2-1-3/h2-3,16H,4-14H2,1H3;1H,(H,2,3). The van der Waals surface area contributed by atoms with Gasteiger partial charge in [0.25, 0.3) is 12.4 Å². The van der Waals surface area contributed by atoms with Crippen molar-refractivity contribution in [2.75, 3.05) is 52.5 Å². The third-order valence-corrected chi connectivity index (χ3v) is 7.18. The van der Waals surface area contributed by atoms with Gasteiger partial charge >= 0.3 is 0 Å². The Morgan fingerprint density at radius 1 is 1.23 bits per heavy atom. The molecule has 3 saturated heterocycles. The number of likely N-dealkylation sites (tertiary alicyclic amines) is 1. The van der Waals surface area contributed by atoms with Crippen molar-refractivity contribution in [1.82, 2.24) is 9.80 Å². The number of thiophene rings is 1. The number of nitrogens with zero attached hydrogens (tertiary/aromatic N) is 2.